The number of halogens is 2. The molecule has 0 unspecified atom stereocenters. The van der Waals surface area contributed by atoms with E-state index in [0.29, 0.717) is 29.8 Å². The van der Waals surface area contributed by atoms with Crippen molar-refractivity contribution in [3.8, 4) is 5.75 Å². The summed E-state index contributed by atoms with van der Waals surface area (Å²) in [6.07, 6.45) is 1.19. The number of benzene rings is 1. The van der Waals surface area contributed by atoms with Crippen LogP contribution in [0.3, 0.4) is 0 Å². The lowest BCUT2D eigenvalue weighted by Crippen LogP contribution is -2.32. The summed E-state index contributed by atoms with van der Waals surface area (Å²) >= 11 is 0. The summed E-state index contributed by atoms with van der Waals surface area (Å²) in [5.41, 5.74) is 0.329. The molecule has 2 saturated heterocycles. The summed E-state index contributed by atoms with van der Waals surface area (Å²) in [5, 5.41) is 0. The maximum absolute atomic E-state index is 14.0. The molecule has 2 atom stereocenters. The van der Waals surface area contributed by atoms with Gasteiger partial charge >= 0.3 is 0 Å². The molecule has 0 N–H and O–H groups in total. The second-order valence-corrected chi connectivity index (χ2v) is 5.83. The molecule has 3 rings (SSSR count). The lowest BCUT2D eigenvalue weighted by Gasteiger charge is -2.21. The summed E-state index contributed by atoms with van der Waals surface area (Å²) < 4.78 is 32.5. The molecule has 110 valence electrons. The van der Waals surface area contributed by atoms with Gasteiger partial charge in [-0.1, -0.05) is 0 Å². The number of ether oxygens (including phenoxy) is 1. The van der Waals surface area contributed by atoms with Gasteiger partial charge in [-0.2, -0.15) is 0 Å². The lowest BCUT2D eigenvalue weighted by molar-refractivity contribution is 0.249. The average molecular weight is 282 g/mol. The van der Waals surface area contributed by atoms with Crippen molar-refractivity contribution in [2.24, 2.45) is 5.92 Å². The molecule has 0 amide bonds. The van der Waals surface area contributed by atoms with Crippen LogP contribution in [0.2, 0.25) is 0 Å². The topological polar surface area (TPSA) is 15.7 Å². The minimum Gasteiger partial charge on any atom is -0.496 e. The first-order chi connectivity index (χ1) is 9.60. The number of hydrogen-bond acceptors (Lipinski definition) is 3. The molecule has 2 fully saturated rings. The fourth-order valence-electron chi connectivity index (χ4n) is 3.53. The van der Waals surface area contributed by atoms with Gasteiger partial charge in [0.15, 0.2) is 11.6 Å². The highest BCUT2D eigenvalue weighted by Crippen LogP contribution is 2.33. The Morgan fingerprint density at radius 3 is 2.80 bits per heavy atom. The highest BCUT2D eigenvalue weighted by molar-refractivity contribution is 5.35. The number of likely N-dealkylation sites (N-methyl/N-ethyl adjacent to an activating group) is 1. The highest BCUT2D eigenvalue weighted by atomic mass is 19.2. The zero-order valence-electron chi connectivity index (χ0n) is 11.9. The van der Waals surface area contributed by atoms with Gasteiger partial charge < -0.3 is 9.64 Å². The molecule has 0 spiro atoms. The van der Waals surface area contributed by atoms with Crippen LogP contribution in [0.15, 0.2) is 12.1 Å². The van der Waals surface area contributed by atoms with Crippen molar-refractivity contribution in [2.75, 3.05) is 33.8 Å². The minimum atomic E-state index is -0.808. The van der Waals surface area contributed by atoms with E-state index in [2.05, 4.69) is 16.8 Å². The number of fused-ring (bicyclic) bond motifs is 1. The average Bonchev–Trinajstić information content (AvgIpc) is 2.98. The van der Waals surface area contributed by atoms with E-state index in [1.54, 1.807) is 0 Å². The van der Waals surface area contributed by atoms with E-state index in [-0.39, 0.29) is 0 Å². The van der Waals surface area contributed by atoms with Crippen LogP contribution >= 0.6 is 0 Å². The number of likely N-dealkylation sites (tertiary alicyclic amines) is 2. The molecule has 0 saturated carbocycles. The van der Waals surface area contributed by atoms with E-state index >= 15 is 0 Å². The Morgan fingerprint density at radius 2 is 2.10 bits per heavy atom. The van der Waals surface area contributed by atoms with Crippen LogP contribution in [0.4, 0.5) is 8.78 Å². The molecule has 1 aromatic carbocycles. The molecule has 2 aliphatic heterocycles. The second-order valence-electron chi connectivity index (χ2n) is 5.83. The van der Waals surface area contributed by atoms with Crippen LogP contribution in [-0.4, -0.2) is 49.6 Å². The van der Waals surface area contributed by atoms with Gasteiger partial charge in [-0.15, -0.1) is 0 Å². The van der Waals surface area contributed by atoms with Gasteiger partial charge in [-0.05, 0) is 38.1 Å². The van der Waals surface area contributed by atoms with Crippen LogP contribution in [0.5, 0.6) is 5.75 Å². The Bertz CT molecular complexity index is 509. The van der Waals surface area contributed by atoms with Crippen molar-refractivity contribution in [3.63, 3.8) is 0 Å². The van der Waals surface area contributed by atoms with E-state index in [1.807, 2.05) is 0 Å². The monoisotopic (exact) mass is 282 g/mol. The normalized spacial score (nSPS) is 27.0. The molecule has 0 bridgehead atoms. The van der Waals surface area contributed by atoms with E-state index < -0.39 is 11.6 Å². The second kappa shape index (κ2) is 5.30. The van der Waals surface area contributed by atoms with Crippen LogP contribution in [0, 0.1) is 17.6 Å². The molecule has 20 heavy (non-hydrogen) atoms. The zero-order chi connectivity index (χ0) is 14.3. The Kier molecular flexibility index (Phi) is 3.65. The summed E-state index contributed by atoms with van der Waals surface area (Å²) in [5.74, 6) is -0.510. The zero-order valence-corrected chi connectivity index (χ0v) is 11.9. The van der Waals surface area contributed by atoms with E-state index in [0.717, 1.165) is 25.7 Å². The van der Waals surface area contributed by atoms with Crippen molar-refractivity contribution in [3.05, 3.63) is 29.3 Å². The first-order valence-corrected chi connectivity index (χ1v) is 7.03. The molecular weight excluding hydrogens is 262 g/mol. The van der Waals surface area contributed by atoms with Crippen LogP contribution < -0.4 is 4.74 Å². The summed E-state index contributed by atoms with van der Waals surface area (Å²) in [6, 6.07) is 3.17. The van der Waals surface area contributed by atoms with Gasteiger partial charge in [-0.25, -0.2) is 8.78 Å². The van der Waals surface area contributed by atoms with Gasteiger partial charge in [0.1, 0.15) is 5.75 Å². The first kappa shape index (κ1) is 13.8. The van der Waals surface area contributed by atoms with Crippen molar-refractivity contribution in [2.45, 2.75) is 19.0 Å². The molecule has 0 aromatic heterocycles. The quantitative estimate of drug-likeness (QED) is 0.844. The summed E-state index contributed by atoms with van der Waals surface area (Å²) in [6.45, 7) is 3.42. The van der Waals surface area contributed by atoms with E-state index in [1.165, 1.54) is 19.6 Å². The molecule has 3 nitrogen and oxygen atoms in total. The van der Waals surface area contributed by atoms with Crippen molar-refractivity contribution >= 4 is 0 Å². The fraction of sp³-hybridized carbons (Fsp3) is 0.600. The predicted molar refractivity (Wildman–Crippen MR) is 72.7 cm³/mol. The van der Waals surface area contributed by atoms with Gasteiger partial charge in [0.25, 0.3) is 0 Å². The molecule has 2 aliphatic rings. The van der Waals surface area contributed by atoms with Crippen molar-refractivity contribution in [1.82, 2.24) is 9.80 Å². The maximum Gasteiger partial charge on any atom is 0.167 e. The summed E-state index contributed by atoms with van der Waals surface area (Å²) in [7, 11) is 3.63. The van der Waals surface area contributed by atoms with Crippen molar-refractivity contribution < 1.29 is 13.5 Å². The van der Waals surface area contributed by atoms with Crippen LogP contribution in [0.25, 0.3) is 0 Å². The number of hydrogen-bond donors (Lipinski definition) is 0. The van der Waals surface area contributed by atoms with Gasteiger partial charge in [0.2, 0.25) is 0 Å². The molecular formula is C15H20F2N2O. The highest BCUT2D eigenvalue weighted by Gasteiger charge is 2.39. The molecule has 2 heterocycles. The predicted octanol–water partition coefficient (Wildman–Crippen LogP) is 2.11. The third-order valence-electron chi connectivity index (χ3n) is 4.66. The lowest BCUT2D eigenvalue weighted by atomic mass is 10.1. The molecule has 1 aromatic rings. The first-order valence-electron chi connectivity index (χ1n) is 7.03. The Hall–Kier alpha value is -1.20. The smallest absolute Gasteiger partial charge is 0.167 e. The number of methoxy groups -OCH3 is 1. The van der Waals surface area contributed by atoms with Crippen LogP contribution in [-0.2, 0) is 6.54 Å². The maximum atomic E-state index is 14.0. The Labute approximate surface area is 118 Å². The third kappa shape index (κ3) is 2.29. The van der Waals surface area contributed by atoms with E-state index in [4.69, 9.17) is 4.74 Å². The SMILES string of the molecule is COc1ccc(F)c(F)c1CN1C[C@H]2CCN(C)[C@H]2C1. The Balaban J connectivity index is 1.77. The minimum absolute atomic E-state index is 0.329. The van der Waals surface area contributed by atoms with Gasteiger partial charge in [0, 0.05) is 31.2 Å². The number of rotatable bonds is 3. The number of nitrogens with zero attached hydrogens (tertiary/aromatic N) is 2. The molecule has 0 radical (unpaired) electrons. The molecule has 0 aliphatic carbocycles. The third-order valence-corrected chi connectivity index (χ3v) is 4.66. The molecule has 5 heteroatoms. The van der Waals surface area contributed by atoms with Crippen molar-refractivity contribution in [1.29, 1.82) is 0 Å². The fourth-order valence-corrected chi connectivity index (χ4v) is 3.53. The largest absolute Gasteiger partial charge is 0.496 e. The standard InChI is InChI=1S/C15H20F2N2O/c1-18-6-5-10-7-19(9-13(10)18)8-11-14(20-2)4-3-12(16)15(11)17/h3-4,10,13H,5-9H2,1-2H3/t10-,13+/m1/s1. The van der Waals surface area contributed by atoms with Gasteiger partial charge in [0.05, 0.1) is 7.11 Å². The van der Waals surface area contributed by atoms with E-state index in [9.17, 15) is 8.78 Å². The van der Waals surface area contributed by atoms with Crippen LogP contribution in [0.1, 0.15) is 12.0 Å². The summed E-state index contributed by atoms with van der Waals surface area (Å²) in [4.78, 5) is 4.56. The van der Waals surface area contributed by atoms with Gasteiger partial charge in [-0.3, -0.25) is 4.90 Å². The Morgan fingerprint density at radius 1 is 1.30 bits per heavy atom.